The molecule has 0 radical (unpaired) electrons. The molecule has 146 valence electrons. The lowest BCUT2D eigenvalue weighted by atomic mass is 9.87. The van der Waals surface area contributed by atoms with Gasteiger partial charge < -0.3 is 4.42 Å². The molecule has 0 bridgehead atoms. The number of hydrogen-bond donors (Lipinski definition) is 0. The van der Waals surface area contributed by atoms with Crippen LogP contribution in [0.25, 0.3) is 55.4 Å². The topological polar surface area (TPSA) is 26.0 Å². The third-order valence-electron chi connectivity index (χ3n) is 5.77. The lowest BCUT2D eigenvalue weighted by Crippen LogP contribution is -1.91. The van der Waals surface area contributed by atoms with E-state index in [1.165, 1.54) is 16.7 Å². The monoisotopic (exact) mass is 397 g/mol. The number of benzene rings is 4. The highest BCUT2D eigenvalue weighted by Gasteiger charge is 2.20. The first-order valence-electron chi connectivity index (χ1n) is 10.4. The second-order valence-electron chi connectivity index (χ2n) is 7.59. The maximum atomic E-state index is 6.24. The largest absolute Gasteiger partial charge is 0.456 e. The Morgan fingerprint density at radius 2 is 1.26 bits per heavy atom. The van der Waals surface area contributed by atoms with Crippen molar-refractivity contribution in [1.29, 1.82) is 0 Å². The predicted molar refractivity (Wildman–Crippen MR) is 128 cm³/mol. The van der Waals surface area contributed by atoms with Crippen molar-refractivity contribution in [3.8, 4) is 33.5 Å². The maximum absolute atomic E-state index is 6.24. The van der Waals surface area contributed by atoms with Crippen LogP contribution in [0.4, 0.5) is 0 Å². The van der Waals surface area contributed by atoms with E-state index in [0.29, 0.717) is 0 Å². The molecule has 4 aromatic carbocycles. The van der Waals surface area contributed by atoms with Crippen LogP contribution in [0.3, 0.4) is 0 Å². The summed E-state index contributed by atoms with van der Waals surface area (Å²) in [6.45, 7) is 0. The lowest BCUT2D eigenvalue weighted by Gasteiger charge is -2.15. The molecule has 0 amide bonds. The first kappa shape index (κ1) is 17.7. The van der Waals surface area contributed by atoms with Crippen LogP contribution in [0.5, 0.6) is 0 Å². The lowest BCUT2D eigenvalue weighted by molar-refractivity contribution is 0.669. The average molecular weight is 397 g/mol. The standard InChI is InChI=1S/C29H19NO/c1-2-10-20(11-3-1)21-17-18-27-29(24-14-6-7-16-26(24)31-27)28(21)23-13-5-4-12-22(23)25-15-8-9-19-30-25/h1-19H. The summed E-state index contributed by atoms with van der Waals surface area (Å²) < 4.78 is 6.24. The van der Waals surface area contributed by atoms with Crippen molar-refractivity contribution in [3.63, 3.8) is 0 Å². The molecule has 2 heteroatoms. The van der Waals surface area contributed by atoms with Crippen LogP contribution in [0, 0.1) is 0 Å². The zero-order valence-corrected chi connectivity index (χ0v) is 16.8. The van der Waals surface area contributed by atoms with E-state index in [9.17, 15) is 0 Å². The minimum Gasteiger partial charge on any atom is -0.456 e. The first-order valence-corrected chi connectivity index (χ1v) is 10.4. The molecule has 0 aliphatic rings. The van der Waals surface area contributed by atoms with Crippen LogP contribution >= 0.6 is 0 Å². The number of fused-ring (bicyclic) bond motifs is 3. The second-order valence-corrected chi connectivity index (χ2v) is 7.59. The van der Waals surface area contributed by atoms with Gasteiger partial charge in [0.1, 0.15) is 11.2 Å². The Labute approximate surface area is 180 Å². The van der Waals surface area contributed by atoms with Crippen LogP contribution in [-0.4, -0.2) is 4.98 Å². The summed E-state index contributed by atoms with van der Waals surface area (Å²) in [6.07, 6.45) is 1.85. The SMILES string of the molecule is c1ccc(-c2ccc3oc4ccccc4c3c2-c2ccccc2-c2ccccn2)cc1. The normalized spacial score (nSPS) is 11.2. The van der Waals surface area contributed by atoms with Crippen molar-refractivity contribution < 1.29 is 4.42 Å². The molecule has 6 aromatic rings. The Bertz CT molecular complexity index is 1510. The fourth-order valence-corrected chi connectivity index (χ4v) is 4.40. The van der Waals surface area contributed by atoms with Crippen molar-refractivity contribution in [1.82, 2.24) is 4.98 Å². The number of nitrogens with zero attached hydrogens (tertiary/aromatic N) is 1. The van der Waals surface area contributed by atoms with E-state index in [4.69, 9.17) is 4.42 Å². The van der Waals surface area contributed by atoms with Crippen LogP contribution in [-0.2, 0) is 0 Å². The average Bonchev–Trinajstić information content (AvgIpc) is 3.23. The molecule has 0 aliphatic carbocycles. The van der Waals surface area contributed by atoms with E-state index >= 15 is 0 Å². The number of hydrogen-bond acceptors (Lipinski definition) is 2. The summed E-state index contributed by atoms with van der Waals surface area (Å²) in [6, 6.07) is 37.6. The number of para-hydroxylation sites is 1. The minimum absolute atomic E-state index is 0.895. The Kier molecular flexibility index (Phi) is 4.14. The zero-order chi connectivity index (χ0) is 20.6. The van der Waals surface area contributed by atoms with Gasteiger partial charge in [-0.3, -0.25) is 4.98 Å². The van der Waals surface area contributed by atoms with E-state index in [-0.39, 0.29) is 0 Å². The van der Waals surface area contributed by atoms with Crippen molar-refractivity contribution in [2.45, 2.75) is 0 Å². The maximum Gasteiger partial charge on any atom is 0.136 e. The summed E-state index contributed by atoms with van der Waals surface area (Å²) in [7, 11) is 0. The van der Waals surface area contributed by atoms with Crippen molar-refractivity contribution >= 4 is 21.9 Å². The Balaban J connectivity index is 1.78. The predicted octanol–water partition coefficient (Wildman–Crippen LogP) is 7.98. The second kappa shape index (κ2) is 7.26. The van der Waals surface area contributed by atoms with Crippen LogP contribution < -0.4 is 0 Å². The van der Waals surface area contributed by atoms with Crippen molar-refractivity contribution in [3.05, 3.63) is 115 Å². The Hall–Kier alpha value is -4.17. The molecule has 0 saturated carbocycles. The third-order valence-corrected chi connectivity index (χ3v) is 5.77. The van der Waals surface area contributed by atoms with Gasteiger partial charge >= 0.3 is 0 Å². The van der Waals surface area contributed by atoms with E-state index in [1.807, 2.05) is 30.5 Å². The zero-order valence-electron chi connectivity index (χ0n) is 16.8. The first-order chi connectivity index (χ1) is 15.4. The van der Waals surface area contributed by atoms with E-state index in [2.05, 4.69) is 89.9 Å². The number of rotatable bonds is 3. The highest BCUT2D eigenvalue weighted by Crippen LogP contribution is 2.45. The van der Waals surface area contributed by atoms with E-state index in [1.54, 1.807) is 0 Å². The highest BCUT2D eigenvalue weighted by atomic mass is 16.3. The summed E-state index contributed by atoms with van der Waals surface area (Å²) >= 11 is 0. The van der Waals surface area contributed by atoms with Gasteiger partial charge in [-0.15, -0.1) is 0 Å². The number of aromatic nitrogens is 1. The molecule has 0 saturated heterocycles. The van der Waals surface area contributed by atoms with Gasteiger partial charge in [-0.25, -0.2) is 0 Å². The Morgan fingerprint density at radius 3 is 2.10 bits per heavy atom. The van der Waals surface area contributed by atoms with Crippen LogP contribution in [0.1, 0.15) is 0 Å². The van der Waals surface area contributed by atoms with Gasteiger partial charge in [0, 0.05) is 28.1 Å². The molecule has 0 unspecified atom stereocenters. The molecule has 0 spiro atoms. The number of furan rings is 1. The van der Waals surface area contributed by atoms with Gasteiger partial charge in [0.05, 0.1) is 5.69 Å². The molecule has 2 aromatic heterocycles. The van der Waals surface area contributed by atoms with Gasteiger partial charge in [-0.05, 0) is 41.0 Å². The highest BCUT2D eigenvalue weighted by molar-refractivity contribution is 6.17. The molecule has 6 rings (SSSR count). The van der Waals surface area contributed by atoms with Crippen LogP contribution in [0.2, 0.25) is 0 Å². The summed E-state index contributed by atoms with van der Waals surface area (Å²) in [5.41, 5.74) is 8.56. The smallest absolute Gasteiger partial charge is 0.136 e. The molecule has 0 atom stereocenters. The quantitative estimate of drug-likeness (QED) is 0.302. The van der Waals surface area contributed by atoms with E-state index in [0.717, 1.165) is 38.8 Å². The molecular weight excluding hydrogens is 378 g/mol. The number of pyridine rings is 1. The fraction of sp³-hybridized carbons (Fsp3) is 0. The van der Waals surface area contributed by atoms with E-state index < -0.39 is 0 Å². The van der Waals surface area contributed by atoms with Gasteiger partial charge in [-0.1, -0.05) is 84.9 Å². The molecule has 31 heavy (non-hydrogen) atoms. The van der Waals surface area contributed by atoms with Crippen molar-refractivity contribution in [2.75, 3.05) is 0 Å². The molecule has 0 N–H and O–H groups in total. The summed E-state index contributed by atoms with van der Waals surface area (Å²) in [4.78, 5) is 4.64. The van der Waals surface area contributed by atoms with Crippen LogP contribution in [0.15, 0.2) is 120 Å². The van der Waals surface area contributed by atoms with Crippen molar-refractivity contribution in [2.24, 2.45) is 0 Å². The van der Waals surface area contributed by atoms with Gasteiger partial charge in [0.25, 0.3) is 0 Å². The third kappa shape index (κ3) is 2.92. The molecule has 0 fully saturated rings. The van der Waals surface area contributed by atoms with Gasteiger partial charge in [0.15, 0.2) is 0 Å². The Morgan fingerprint density at radius 1 is 0.516 bits per heavy atom. The fourth-order valence-electron chi connectivity index (χ4n) is 4.40. The summed E-state index contributed by atoms with van der Waals surface area (Å²) in [5.74, 6) is 0. The van der Waals surface area contributed by atoms with Gasteiger partial charge in [-0.2, -0.15) is 0 Å². The molecule has 0 aliphatic heterocycles. The molecule has 2 nitrogen and oxygen atoms in total. The molecule has 2 heterocycles. The molecular formula is C29H19NO. The summed E-state index contributed by atoms with van der Waals surface area (Å²) in [5, 5.41) is 2.27. The van der Waals surface area contributed by atoms with Gasteiger partial charge in [0.2, 0.25) is 0 Å². The minimum atomic E-state index is 0.895.